The van der Waals surface area contributed by atoms with Crippen LogP contribution < -0.4 is 4.74 Å². The third kappa shape index (κ3) is 3.80. The molecule has 158 valence electrons. The van der Waals surface area contributed by atoms with E-state index in [1.165, 1.54) is 14.0 Å². The summed E-state index contributed by atoms with van der Waals surface area (Å²) in [6.07, 6.45) is -6.50. The van der Waals surface area contributed by atoms with Gasteiger partial charge >= 0.3 is 12.1 Å². The molecule has 0 amide bonds. The second-order valence-corrected chi connectivity index (χ2v) is 6.60. The van der Waals surface area contributed by atoms with Gasteiger partial charge in [-0.2, -0.15) is 17.6 Å². The molecule has 1 aliphatic heterocycles. The van der Waals surface area contributed by atoms with Crippen LogP contribution in [0.4, 0.5) is 22.0 Å². The highest BCUT2D eigenvalue weighted by Crippen LogP contribution is 2.55. The molecule has 0 aliphatic carbocycles. The van der Waals surface area contributed by atoms with Gasteiger partial charge in [0.2, 0.25) is 5.82 Å². The molecule has 0 bridgehead atoms. The summed E-state index contributed by atoms with van der Waals surface area (Å²) in [6.45, 7) is 1.89. The quantitative estimate of drug-likeness (QED) is 0.406. The van der Waals surface area contributed by atoms with E-state index < -0.39 is 53.1 Å². The zero-order valence-corrected chi connectivity index (χ0v) is 15.7. The molecule has 0 N–H and O–H groups in total. The fourth-order valence-electron chi connectivity index (χ4n) is 3.30. The molecule has 2 rings (SSSR count). The molecular formula is C18H21F5O5. The number of carbonyl (C=O) groups is 1. The number of hydrogen-bond acceptors (Lipinski definition) is 5. The van der Waals surface area contributed by atoms with Gasteiger partial charge in [0.1, 0.15) is 6.61 Å². The number of hydrogen-bond donors (Lipinski definition) is 0. The molecule has 1 heterocycles. The van der Waals surface area contributed by atoms with Crippen LogP contribution in [0.1, 0.15) is 25.3 Å². The van der Waals surface area contributed by atoms with Crippen LogP contribution in [-0.4, -0.2) is 51.3 Å². The Balaban J connectivity index is 2.59. The number of methoxy groups -OCH3 is 2. The molecule has 5 nitrogen and oxygen atoms in total. The highest BCUT2D eigenvalue weighted by atomic mass is 19.4. The predicted octanol–water partition coefficient (Wildman–Crippen LogP) is 3.60. The predicted molar refractivity (Wildman–Crippen MR) is 87.0 cm³/mol. The van der Waals surface area contributed by atoms with Crippen molar-refractivity contribution in [3.05, 3.63) is 29.3 Å². The Hall–Kier alpha value is -1.94. The summed E-state index contributed by atoms with van der Waals surface area (Å²) >= 11 is 0. The van der Waals surface area contributed by atoms with Crippen molar-refractivity contribution in [3.8, 4) is 5.75 Å². The highest BCUT2D eigenvalue weighted by molar-refractivity contribution is 5.77. The molecule has 1 fully saturated rings. The van der Waals surface area contributed by atoms with Crippen LogP contribution in [0.25, 0.3) is 0 Å². The topological polar surface area (TPSA) is 54.0 Å². The number of alkyl halides is 3. The average Bonchev–Trinajstić information content (AvgIpc) is 2.91. The monoisotopic (exact) mass is 412 g/mol. The lowest BCUT2D eigenvalue weighted by atomic mass is 9.77. The van der Waals surface area contributed by atoms with Crippen molar-refractivity contribution in [2.24, 2.45) is 5.92 Å². The van der Waals surface area contributed by atoms with Gasteiger partial charge in [0.25, 0.3) is 0 Å². The van der Waals surface area contributed by atoms with Crippen LogP contribution >= 0.6 is 0 Å². The van der Waals surface area contributed by atoms with Crippen LogP contribution in [-0.2, 0) is 19.0 Å². The van der Waals surface area contributed by atoms with Gasteiger partial charge in [-0.15, -0.1) is 0 Å². The van der Waals surface area contributed by atoms with Crippen LogP contribution in [0, 0.1) is 17.6 Å². The Kier molecular flexibility index (Phi) is 6.55. The molecule has 28 heavy (non-hydrogen) atoms. The lowest BCUT2D eigenvalue weighted by molar-refractivity contribution is -0.274. The summed E-state index contributed by atoms with van der Waals surface area (Å²) in [7, 11) is 2.36. The zero-order valence-electron chi connectivity index (χ0n) is 15.7. The van der Waals surface area contributed by atoms with Gasteiger partial charge in [0.05, 0.1) is 13.7 Å². The number of rotatable bonds is 6. The number of carbonyl (C=O) groups excluding carboxylic acids is 1. The number of benzene rings is 1. The average molecular weight is 412 g/mol. The SMILES string of the molecule is COCCOc1c([C@H]2[C@H](C(=O)OC)O[C@@](C)(C(F)(F)F)[C@H]2C)ccc(F)c1F. The molecule has 0 radical (unpaired) electrons. The van der Waals surface area contributed by atoms with Crippen molar-refractivity contribution in [3.63, 3.8) is 0 Å². The maximum atomic E-state index is 14.4. The van der Waals surface area contributed by atoms with Crippen molar-refractivity contribution in [2.75, 3.05) is 27.4 Å². The molecule has 1 aliphatic rings. The van der Waals surface area contributed by atoms with E-state index in [1.807, 2.05) is 0 Å². The van der Waals surface area contributed by atoms with Crippen LogP contribution in [0.5, 0.6) is 5.75 Å². The summed E-state index contributed by atoms with van der Waals surface area (Å²) in [4.78, 5) is 12.1. The van der Waals surface area contributed by atoms with Gasteiger partial charge in [-0.05, 0) is 13.0 Å². The molecule has 0 spiro atoms. The fraction of sp³-hybridized carbons (Fsp3) is 0.611. The van der Waals surface area contributed by atoms with E-state index in [2.05, 4.69) is 4.74 Å². The Bertz CT molecular complexity index is 723. The van der Waals surface area contributed by atoms with E-state index in [9.17, 15) is 26.7 Å². The highest BCUT2D eigenvalue weighted by Gasteiger charge is 2.66. The number of ether oxygens (including phenoxy) is 4. The van der Waals surface area contributed by atoms with E-state index in [0.29, 0.717) is 0 Å². The van der Waals surface area contributed by atoms with Crippen molar-refractivity contribution < 1.29 is 45.7 Å². The Morgan fingerprint density at radius 3 is 2.39 bits per heavy atom. The van der Waals surface area contributed by atoms with Gasteiger partial charge in [-0.25, -0.2) is 9.18 Å². The van der Waals surface area contributed by atoms with Gasteiger partial charge in [0, 0.05) is 24.5 Å². The van der Waals surface area contributed by atoms with Gasteiger partial charge in [-0.1, -0.05) is 13.0 Å². The van der Waals surface area contributed by atoms with E-state index in [-0.39, 0.29) is 18.8 Å². The van der Waals surface area contributed by atoms with Crippen molar-refractivity contribution >= 4 is 5.97 Å². The number of esters is 1. The first-order valence-electron chi connectivity index (χ1n) is 8.41. The van der Waals surface area contributed by atoms with E-state index in [1.54, 1.807) is 0 Å². The first kappa shape index (κ1) is 22.4. The molecule has 10 heteroatoms. The minimum Gasteiger partial charge on any atom is -0.488 e. The molecular weight excluding hydrogens is 391 g/mol. The lowest BCUT2D eigenvalue weighted by Gasteiger charge is -2.32. The fourth-order valence-corrected chi connectivity index (χ4v) is 3.30. The third-order valence-corrected chi connectivity index (χ3v) is 5.08. The van der Waals surface area contributed by atoms with Gasteiger partial charge in [-0.3, -0.25) is 0 Å². The first-order chi connectivity index (χ1) is 13.0. The summed E-state index contributed by atoms with van der Waals surface area (Å²) < 4.78 is 88.8. The first-order valence-corrected chi connectivity index (χ1v) is 8.41. The third-order valence-electron chi connectivity index (χ3n) is 5.08. The second kappa shape index (κ2) is 8.20. The van der Waals surface area contributed by atoms with Crippen molar-refractivity contribution in [1.29, 1.82) is 0 Å². The van der Waals surface area contributed by atoms with Crippen molar-refractivity contribution in [2.45, 2.75) is 37.6 Å². The van der Waals surface area contributed by atoms with Gasteiger partial charge in [0.15, 0.2) is 23.3 Å². The maximum absolute atomic E-state index is 14.4. The van der Waals surface area contributed by atoms with E-state index >= 15 is 0 Å². The second-order valence-electron chi connectivity index (χ2n) is 6.60. The summed E-state index contributed by atoms with van der Waals surface area (Å²) in [5.74, 6) is -6.87. The summed E-state index contributed by atoms with van der Waals surface area (Å²) in [6, 6.07) is 1.85. The Morgan fingerprint density at radius 1 is 1.21 bits per heavy atom. The smallest absolute Gasteiger partial charge is 0.417 e. The summed E-state index contributed by atoms with van der Waals surface area (Å²) in [5, 5.41) is 0. The number of halogens is 5. The largest absolute Gasteiger partial charge is 0.488 e. The standard InChI is InChI=1S/C18H21F5O5/c1-9-12(15(16(24)26-4)28-17(9,2)18(21,22)23)10-5-6-11(19)13(20)14(10)27-8-7-25-3/h5-6,9,12,15H,7-8H2,1-4H3/t9-,12-,15+,17+/m0/s1. The molecule has 1 saturated heterocycles. The molecule has 4 atom stereocenters. The molecule has 1 aromatic rings. The Morgan fingerprint density at radius 2 is 1.86 bits per heavy atom. The van der Waals surface area contributed by atoms with Crippen LogP contribution in [0.15, 0.2) is 12.1 Å². The molecule has 0 unspecified atom stereocenters. The van der Waals surface area contributed by atoms with E-state index in [0.717, 1.165) is 26.2 Å². The summed E-state index contributed by atoms with van der Waals surface area (Å²) in [5.41, 5.74) is -2.82. The van der Waals surface area contributed by atoms with Crippen LogP contribution in [0.3, 0.4) is 0 Å². The molecule has 0 aromatic heterocycles. The van der Waals surface area contributed by atoms with Gasteiger partial charge < -0.3 is 18.9 Å². The minimum absolute atomic E-state index is 0.0345. The maximum Gasteiger partial charge on any atom is 0.417 e. The Labute approximate surface area is 158 Å². The normalized spacial score (nSPS) is 27.7. The lowest BCUT2D eigenvalue weighted by Crippen LogP contribution is -2.47. The van der Waals surface area contributed by atoms with Crippen molar-refractivity contribution in [1.82, 2.24) is 0 Å². The minimum atomic E-state index is -4.82. The van der Waals surface area contributed by atoms with E-state index in [4.69, 9.17) is 14.2 Å². The zero-order chi connectivity index (χ0) is 21.3. The molecule has 0 saturated carbocycles. The van der Waals surface area contributed by atoms with Crippen LogP contribution in [0.2, 0.25) is 0 Å². The molecule has 1 aromatic carbocycles.